The second-order valence-electron chi connectivity index (χ2n) is 3.26. The Labute approximate surface area is 74.5 Å². The number of nitrogens with zero attached hydrogens (tertiary/aromatic N) is 2. The molecule has 0 N–H and O–H groups in total. The van der Waals surface area contributed by atoms with Crippen molar-refractivity contribution in [3.63, 3.8) is 0 Å². The molecule has 1 aliphatic rings. The normalized spacial score (nSPS) is 15.0. The van der Waals surface area contributed by atoms with Crippen LogP contribution >= 0.6 is 0 Å². The van der Waals surface area contributed by atoms with Gasteiger partial charge in [0.2, 0.25) is 0 Å². The molecular formula is C10H17N2+. The van der Waals surface area contributed by atoms with Gasteiger partial charge in [0.05, 0.1) is 0 Å². The van der Waals surface area contributed by atoms with Crippen molar-refractivity contribution in [1.82, 2.24) is 4.90 Å². The lowest BCUT2D eigenvalue weighted by molar-refractivity contribution is -0.460. The molecule has 0 atom stereocenters. The first-order valence-electron chi connectivity index (χ1n) is 4.44. The maximum absolute atomic E-state index is 3.12. The quantitative estimate of drug-likeness (QED) is 0.345. The first-order valence-corrected chi connectivity index (χ1v) is 4.44. The zero-order chi connectivity index (χ0) is 8.81. The first-order chi connectivity index (χ1) is 5.79. The van der Waals surface area contributed by atoms with Gasteiger partial charge in [-0.05, 0) is 12.5 Å². The minimum absolute atomic E-state index is 1.11. The van der Waals surface area contributed by atoms with Crippen LogP contribution in [-0.2, 0) is 0 Å². The highest BCUT2D eigenvalue weighted by molar-refractivity contribution is 5.51. The molecule has 66 valence electrons. The van der Waals surface area contributed by atoms with Crippen LogP contribution < -0.4 is 0 Å². The Balaban J connectivity index is 2.23. The number of hydrogen-bond acceptors (Lipinski definition) is 1. The fourth-order valence-electron chi connectivity index (χ4n) is 1.19. The van der Waals surface area contributed by atoms with Gasteiger partial charge in [-0.3, -0.25) is 0 Å². The van der Waals surface area contributed by atoms with Gasteiger partial charge in [0.25, 0.3) is 0 Å². The molecule has 0 amide bonds. The van der Waals surface area contributed by atoms with Crippen molar-refractivity contribution in [2.45, 2.75) is 12.8 Å². The second-order valence-corrected chi connectivity index (χ2v) is 3.26. The Morgan fingerprint density at radius 1 is 1.58 bits per heavy atom. The largest absolute Gasteiger partial charge is 0.370 e. The number of hydrogen-bond donors (Lipinski definition) is 0. The molecule has 0 saturated heterocycles. The van der Waals surface area contributed by atoms with Gasteiger partial charge in [-0.15, -0.1) is 5.73 Å². The summed E-state index contributed by atoms with van der Waals surface area (Å²) >= 11 is 0. The summed E-state index contributed by atoms with van der Waals surface area (Å²) < 4.78 is 2.10. The van der Waals surface area contributed by atoms with E-state index in [-0.39, 0.29) is 0 Å². The molecule has 0 fully saturated rings. The van der Waals surface area contributed by atoms with E-state index < -0.39 is 0 Å². The van der Waals surface area contributed by atoms with Gasteiger partial charge >= 0.3 is 0 Å². The van der Waals surface area contributed by atoms with Crippen molar-refractivity contribution >= 4 is 6.21 Å². The standard InChI is InChI=1S/C10H17N2/c1-11(2)7-6-10-12-8-4-3-5-9-12/h3,7,9H,4,6,8,10H2,1-2H3/q+1. The maximum Gasteiger partial charge on any atom is 0.140 e. The van der Waals surface area contributed by atoms with Crippen molar-refractivity contribution in [2.75, 3.05) is 27.2 Å². The van der Waals surface area contributed by atoms with Crippen molar-refractivity contribution in [3.8, 4) is 0 Å². The third kappa shape index (κ3) is 3.40. The van der Waals surface area contributed by atoms with Gasteiger partial charge in [0.15, 0.2) is 0 Å². The Kier molecular flexibility index (Phi) is 3.62. The van der Waals surface area contributed by atoms with Gasteiger partial charge in [-0.2, -0.15) is 0 Å². The summed E-state index contributed by atoms with van der Waals surface area (Å²) in [5.41, 5.74) is 3.12. The zero-order valence-corrected chi connectivity index (χ0v) is 7.95. The molecule has 0 aromatic rings. The number of rotatable bonds is 3. The fourth-order valence-corrected chi connectivity index (χ4v) is 1.19. The molecule has 1 aliphatic heterocycles. The Morgan fingerprint density at radius 3 is 3.00 bits per heavy atom. The average Bonchev–Trinajstić information content (AvgIpc) is 2.05. The molecule has 0 aromatic carbocycles. The minimum Gasteiger partial charge on any atom is -0.370 e. The van der Waals surface area contributed by atoms with E-state index in [1.165, 1.54) is 0 Å². The molecule has 0 bridgehead atoms. The van der Waals surface area contributed by atoms with E-state index in [1.807, 2.05) is 6.20 Å². The smallest absolute Gasteiger partial charge is 0.140 e. The summed E-state index contributed by atoms with van der Waals surface area (Å²) in [6, 6.07) is 0. The predicted octanol–water partition coefficient (Wildman–Crippen LogP) is 1.09. The van der Waals surface area contributed by atoms with E-state index in [0.29, 0.717) is 0 Å². The lowest BCUT2D eigenvalue weighted by Gasteiger charge is -2.18. The second kappa shape index (κ2) is 4.78. The summed E-state index contributed by atoms with van der Waals surface area (Å²) in [7, 11) is 4.12. The van der Waals surface area contributed by atoms with Crippen LogP contribution in [0.25, 0.3) is 0 Å². The summed E-state index contributed by atoms with van der Waals surface area (Å²) in [6.45, 7) is 2.26. The molecule has 1 heterocycles. The van der Waals surface area contributed by atoms with Gasteiger partial charge in [0.1, 0.15) is 20.3 Å². The average molecular weight is 165 g/mol. The Hall–Kier alpha value is -1.01. The van der Waals surface area contributed by atoms with Crippen LogP contribution in [-0.4, -0.2) is 42.9 Å². The van der Waals surface area contributed by atoms with Gasteiger partial charge in [0, 0.05) is 25.7 Å². The molecule has 0 saturated carbocycles. The van der Waals surface area contributed by atoms with Crippen LogP contribution in [0.5, 0.6) is 0 Å². The van der Waals surface area contributed by atoms with Gasteiger partial charge in [-0.25, -0.2) is 4.58 Å². The Morgan fingerprint density at radius 2 is 2.42 bits per heavy atom. The van der Waals surface area contributed by atoms with E-state index >= 15 is 0 Å². The van der Waals surface area contributed by atoms with Gasteiger partial charge in [-0.1, -0.05) is 0 Å². The molecule has 0 radical (unpaired) electrons. The monoisotopic (exact) mass is 165 g/mol. The molecular weight excluding hydrogens is 148 g/mol. The topological polar surface area (TPSA) is 6.25 Å². The highest BCUT2D eigenvalue weighted by Crippen LogP contribution is 1.98. The maximum atomic E-state index is 3.12. The van der Waals surface area contributed by atoms with E-state index in [4.69, 9.17) is 0 Å². The predicted molar refractivity (Wildman–Crippen MR) is 51.6 cm³/mol. The molecule has 2 nitrogen and oxygen atoms in total. The van der Waals surface area contributed by atoms with Crippen molar-refractivity contribution in [3.05, 3.63) is 18.0 Å². The summed E-state index contributed by atoms with van der Waals surface area (Å²) in [5.74, 6) is 0. The summed E-state index contributed by atoms with van der Waals surface area (Å²) in [5, 5.41) is 0. The van der Waals surface area contributed by atoms with Crippen LogP contribution in [0.4, 0.5) is 0 Å². The summed E-state index contributed by atoms with van der Waals surface area (Å²) in [6.07, 6.45) is 8.59. The zero-order valence-electron chi connectivity index (χ0n) is 7.95. The molecule has 0 spiro atoms. The lowest BCUT2D eigenvalue weighted by atomic mass is 10.3. The highest BCUT2D eigenvalue weighted by Gasteiger charge is 1.99. The van der Waals surface area contributed by atoms with Crippen molar-refractivity contribution in [1.29, 1.82) is 0 Å². The third-order valence-corrected chi connectivity index (χ3v) is 1.85. The fraction of sp³-hybridized carbons (Fsp3) is 0.600. The first kappa shape index (κ1) is 9.08. The Bertz CT molecular complexity index is 218. The van der Waals surface area contributed by atoms with E-state index in [2.05, 4.69) is 41.6 Å². The van der Waals surface area contributed by atoms with E-state index in [0.717, 1.165) is 25.9 Å². The molecule has 2 heteroatoms. The SMILES string of the molecule is C[N+](C)=CCCN1C=C=CCC1. The van der Waals surface area contributed by atoms with Crippen LogP contribution in [0, 0.1) is 0 Å². The molecule has 0 unspecified atom stereocenters. The van der Waals surface area contributed by atoms with Crippen LogP contribution in [0.2, 0.25) is 0 Å². The molecule has 0 aromatic heterocycles. The minimum atomic E-state index is 1.11. The summed E-state index contributed by atoms with van der Waals surface area (Å²) in [4.78, 5) is 2.31. The van der Waals surface area contributed by atoms with E-state index in [9.17, 15) is 0 Å². The van der Waals surface area contributed by atoms with Crippen LogP contribution in [0.1, 0.15) is 12.8 Å². The van der Waals surface area contributed by atoms with Crippen molar-refractivity contribution < 1.29 is 4.58 Å². The molecule has 1 rings (SSSR count). The van der Waals surface area contributed by atoms with Crippen LogP contribution in [0.3, 0.4) is 0 Å². The van der Waals surface area contributed by atoms with Gasteiger partial charge < -0.3 is 4.90 Å². The third-order valence-electron chi connectivity index (χ3n) is 1.85. The lowest BCUT2D eigenvalue weighted by Crippen LogP contribution is -2.21. The van der Waals surface area contributed by atoms with Crippen LogP contribution in [0.15, 0.2) is 18.0 Å². The molecule has 12 heavy (non-hydrogen) atoms. The van der Waals surface area contributed by atoms with Crippen molar-refractivity contribution in [2.24, 2.45) is 0 Å². The van der Waals surface area contributed by atoms with E-state index in [1.54, 1.807) is 0 Å². The molecule has 0 aliphatic carbocycles. The highest BCUT2D eigenvalue weighted by atomic mass is 15.1.